The molecule has 0 radical (unpaired) electrons. The SMILES string of the molecule is O=C(Nc1ccc(F)c(-n2cc3cc(C4CCOCC4)cnc3n2)c1)N1CCC1. The van der Waals surface area contributed by atoms with Gasteiger partial charge in [0.15, 0.2) is 5.65 Å². The minimum atomic E-state index is -0.413. The van der Waals surface area contributed by atoms with Crippen molar-refractivity contribution < 1.29 is 13.9 Å². The second-order valence-electron chi connectivity index (χ2n) is 7.58. The zero-order valence-electron chi connectivity index (χ0n) is 16.0. The summed E-state index contributed by atoms with van der Waals surface area (Å²) in [6.45, 7) is 3.04. The molecule has 1 N–H and O–H groups in total. The van der Waals surface area contributed by atoms with Crippen molar-refractivity contribution in [2.75, 3.05) is 31.6 Å². The molecule has 150 valence electrons. The van der Waals surface area contributed by atoms with Gasteiger partial charge in [-0.2, -0.15) is 0 Å². The monoisotopic (exact) mass is 395 g/mol. The number of hydrogen-bond donors (Lipinski definition) is 1. The molecular formula is C21H22FN5O2. The number of nitrogens with zero attached hydrogens (tertiary/aromatic N) is 4. The number of fused-ring (bicyclic) bond motifs is 1. The van der Waals surface area contributed by atoms with Crippen molar-refractivity contribution in [1.82, 2.24) is 19.7 Å². The topological polar surface area (TPSA) is 72.3 Å². The summed E-state index contributed by atoms with van der Waals surface area (Å²) in [5, 5.41) is 8.11. The van der Waals surface area contributed by atoms with Gasteiger partial charge in [0.25, 0.3) is 0 Å². The fourth-order valence-electron chi connectivity index (χ4n) is 3.80. The molecule has 0 spiro atoms. The van der Waals surface area contributed by atoms with Crippen LogP contribution in [-0.4, -0.2) is 52.0 Å². The minimum absolute atomic E-state index is 0.165. The smallest absolute Gasteiger partial charge is 0.321 e. The molecule has 2 amide bonds. The van der Waals surface area contributed by atoms with E-state index in [1.54, 1.807) is 23.2 Å². The van der Waals surface area contributed by atoms with Gasteiger partial charge < -0.3 is 15.0 Å². The average molecular weight is 395 g/mol. The molecule has 2 aliphatic rings. The number of urea groups is 1. The Bertz CT molecular complexity index is 1060. The molecule has 2 fully saturated rings. The molecule has 5 rings (SSSR count). The lowest BCUT2D eigenvalue weighted by Gasteiger charge is -2.30. The van der Waals surface area contributed by atoms with Crippen molar-refractivity contribution in [3.8, 4) is 5.69 Å². The van der Waals surface area contributed by atoms with E-state index in [2.05, 4.69) is 21.5 Å². The molecule has 8 heteroatoms. The van der Waals surface area contributed by atoms with Crippen LogP contribution in [0.25, 0.3) is 16.7 Å². The number of rotatable bonds is 3. The van der Waals surface area contributed by atoms with Crippen LogP contribution in [0.15, 0.2) is 36.7 Å². The highest BCUT2D eigenvalue weighted by molar-refractivity contribution is 5.90. The molecule has 7 nitrogen and oxygen atoms in total. The van der Waals surface area contributed by atoms with Crippen LogP contribution in [0.4, 0.5) is 14.9 Å². The predicted molar refractivity (Wildman–Crippen MR) is 107 cm³/mol. The highest BCUT2D eigenvalue weighted by atomic mass is 19.1. The number of hydrogen-bond acceptors (Lipinski definition) is 4. The number of amides is 2. The number of pyridine rings is 1. The summed E-state index contributed by atoms with van der Waals surface area (Å²) in [5.74, 6) is 0.0187. The predicted octanol–water partition coefficient (Wildman–Crippen LogP) is 3.69. The van der Waals surface area contributed by atoms with Crippen molar-refractivity contribution in [3.05, 3.63) is 48.0 Å². The standard InChI is InChI=1S/C21H22FN5O2/c22-18-3-2-17(24-21(28)26-6-1-7-26)11-19(18)27-13-16-10-15(12-23-20(16)25-27)14-4-8-29-9-5-14/h2-3,10-14H,1,4-9H2,(H,24,28). The molecule has 1 aromatic carbocycles. The van der Waals surface area contributed by atoms with E-state index in [1.807, 2.05) is 6.20 Å². The first-order valence-electron chi connectivity index (χ1n) is 9.96. The zero-order chi connectivity index (χ0) is 19.8. The average Bonchev–Trinajstić information content (AvgIpc) is 3.12. The summed E-state index contributed by atoms with van der Waals surface area (Å²) in [6, 6.07) is 6.41. The van der Waals surface area contributed by atoms with E-state index in [-0.39, 0.29) is 11.7 Å². The number of carbonyl (C=O) groups excluding carboxylic acids is 1. The maximum Gasteiger partial charge on any atom is 0.321 e. The van der Waals surface area contributed by atoms with Gasteiger partial charge in [0.2, 0.25) is 0 Å². The van der Waals surface area contributed by atoms with E-state index in [9.17, 15) is 9.18 Å². The first-order chi connectivity index (χ1) is 14.2. The van der Waals surface area contributed by atoms with Crippen molar-refractivity contribution in [1.29, 1.82) is 0 Å². The summed E-state index contributed by atoms with van der Waals surface area (Å²) < 4.78 is 21.4. The molecule has 2 aliphatic heterocycles. The molecule has 0 unspecified atom stereocenters. The van der Waals surface area contributed by atoms with Gasteiger partial charge in [0.1, 0.15) is 11.5 Å². The minimum Gasteiger partial charge on any atom is -0.381 e. The van der Waals surface area contributed by atoms with Gasteiger partial charge in [-0.05, 0) is 55.0 Å². The highest BCUT2D eigenvalue weighted by Gasteiger charge is 2.21. The maximum absolute atomic E-state index is 14.5. The van der Waals surface area contributed by atoms with Crippen LogP contribution in [-0.2, 0) is 4.74 Å². The summed E-state index contributed by atoms with van der Waals surface area (Å²) >= 11 is 0. The van der Waals surface area contributed by atoms with E-state index >= 15 is 0 Å². The zero-order valence-corrected chi connectivity index (χ0v) is 16.0. The maximum atomic E-state index is 14.5. The number of anilines is 1. The lowest BCUT2D eigenvalue weighted by atomic mass is 9.93. The Morgan fingerprint density at radius 2 is 2.03 bits per heavy atom. The van der Waals surface area contributed by atoms with Gasteiger partial charge in [-0.25, -0.2) is 18.9 Å². The molecule has 0 saturated carbocycles. The van der Waals surface area contributed by atoms with E-state index in [0.29, 0.717) is 17.3 Å². The third-order valence-corrected chi connectivity index (χ3v) is 5.66. The van der Waals surface area contributed by atoms with Crippen molar-refractivity contribution in [3.63, 3.8) is 0 Å². The molecule has 4 heterocycles. The Morgan fingerprint density at radius 3 is 2.79 bits per heavy atom. The Kier molecular flexibility index (Phi) is 4.63. The van der Waals surface area contributed by atoms with Crippen LogP contribution >= 0.6 is 0 Å². The molecule has 2 saturated heterocycles. The highest BCUT2D eigenvalue weighted by Crippen LogP contribution is 2.29. The third-order valence-electron chi connectivity index (χ3n) is 5.66. The molecule has 0 aliphatic carbocycles. The van der Waals surface area contributed by atoms with Crippen LogP contribution < -0.4 is 5.32 Å². The van der Waals surface area contributed by atoms with Gasteiger partial charge in [-0.3, -0.25) is 0 Å². The molecule has 29 heavy (non-hydrogen) atoms. The van der Waals surface area contributed by atoms with Crippen LogP contribution in [0, 0.1) is 5.82 Å². The van der Waals surface area contributed by atoms with E-state index in [0.717, 1.165) is 56.5 Å². The third kappa shape index (κ3) is 3.55. The Labute approximate surface area is 167 Å². The number of aromatic nitrogens is 3. The van der Waals surface area contributed by atoms with Crippen molar-refractivity contribution >= 4 is 22.8 Å². The summed E-state index contributed by atoms with van der Waals surface area (Å²) in [7, 11) is 0. The number of nitrogens with one attached hydrogen (secondary N) is 1. The van der Waals surface area contributed by atoms with Crippen LogP contribution in [0.5, 0.6) is 0 Å². The van der Waals surface area contributed by atoms with E-state index in [1.165, 1.54) is 10.7 Å². The van der Waals surface area contributed by atoms with Crippen molar-refractivity contribution in [2.45, 2.75) is 25.2 Å². The normalized spacial score (nSPS) is 17.3. The van der Waals surface area contributed by atoms with Crippen molar-refractivity contribution in [2.24, 2.45) is 0 Å². The fraction of sp³-hybridized carbons (Fsp3) is 0.381. The quantitative estimate of drug-likeness (QED) is 0.734. The van der Waals surface area contributed by atoms with Gasteiger partial charge in [0, 0.05) is 49.8 Å². The van der Waals surface area contributed by atoms with E-state index < -0.39 is 5.82 Å². The number of halogens is 1. The first kappa shape index (κ1) is 18.1. The van der Waals surface area contributed by atoms with Gasteiger partial charge in [-0.1, -0.05) is 0 Å². The van der Waals surface area contributed by atoms with Crippen LogP contribution in [0.2, 0.25) is 0 Å². The summed E-state index contributed by atoms with van der Waals surface area (Å²) in [6.07, 6.45) is 6.62. The molecule has 0 bridgehead atoms. The summed E-state index contributed by atoms with van der Waals surface area (Å²) in [5.41, 5.74) is 2.54. The number of carbonyl (C=O) groups is 1. The number of ether oxygens (including phenoxy) is 1. The molecule has 0 atom stereocenters. The Balaban J connectivity index is 1.43. The fourth-order valence-corrected chi connectivity index (χ4v) is 3.80. The van der Waals surface area contributed by atoms with Gasteiger partial charge >= 0.3 is 6.03 Å². The number of benzene rings is 1. The molecular weight excluding hydrogens is 373 g/mol. The Hall–Kier alpha value is -3.00. The first-order valence-corrected chi connectivity index (χ1v) is 9.96. The number of likely N-dealkylation sites (tertiary alicyclic amines) is 1. The Morgan fingerprint density at radius 1 is 1.21 bits per heavy atom. The largest absolute Gasteiger partial charge is 0.381 e. The van der Waals surface area contributed by atoms with Gasteiger partial charge in [0.05, 0.1) is 0 Å². The second kappa shape index (κ2) is 7.44. The molecule has 3 aromatic rings. The van der Waals surface area contributed by atoms with Crippen LogP contribution in [0.1, 0.15) is 30.7 Å². The lowest BCUT2D eigenvalue weighted by molar-refractivity contribution is 0.0853. The van der Waals surface area contributed by atoms with Gasteiger partial charge in [-0.15, -0.1) is 5.10 Å². The second-order valence-corrected chi connectivity index (χ2v) is 7.58. The van der Waals surface area contributed by atoms with E-state index in [4.69, 9.17) is 4.74 Å². The lowest BCUT2D eigenvalue weighted by Crippen LogP contribution is -2.44. The molecule has 2 aromatic heterocycles. The van der Waals surface area contributed by atoms with Crippen LogP contribution in [0.3, 0.4) is 0 Å². The summed E-state index contributed by atoms with van der Waals surface area (Å²) in [4.78, 5) is 18.3.